The summed E-state index contributed by atoms with van der Waals surface area (Å²) in [4.78, 5) is 17.3. The summed E-state index contributed by atoms with van der Waals surface area (Å²) in [6, 6.07) is 23.5. The van der Waals surface area contributed by atoms with Gasteiger partial charge in [-0.1, -0.05) is 42.5 Å². The summed E-state index contributed by atoms with van der Waals surface area (Å²) in [6.07, 6.45) is 1.49. The highest BCUT2D eigenvalue weighted by Crippen LogP contribution is 2.31. The molecule has 0 unspecified atom stereocenters. The number of aromatic nitrogens is 5. The number of rotatable bonds is 5. The number of fused-ring (bicyclic) bond motifs is 1. The van der Waals surface area contributed by atoms with Gasteiger partial charge in [0.1, 0.15) is 6.33 Å². The maximum absolute atomic E-state index is 13.1. The molecule has 0 atom stereocenters. The molecule has 5 aromatic rings. The van der Waals surface area contributed by atoms with Crippen LogP contribution in [0.25, 0.3) is 33.5 Å². The molecule has 7 nitrogen and oxygen atoms in total. The highest BCUT2D eigenvalue weighted by molar-refractivity contribution is 6.00. The number of hydrogen-bond donors (Lipinski definition) is 3. The lowest BCUT2D eigenvalue weighted by atomic mass is 9.83. The van der Waals surface area contributed by atoms with Gasteiger partial charge in [-0.15, -0.1) is 0 Å². The van der Waals surface area contributed by atoms with Crippen LogP contribution in [-0.4, -0.2) is 31.3 Å². The fourth-order valence-electron chi connectivity index (χ4n) is 3.74. The molecule has 0 radical (unpaired) electrons. The van der Waals surface area contributed by atoms with Crippen LogP contribution in [0, 0.1) is 0 Å². The first-order chi connectivity index (χ1) is 15.5. The first-order valence-electron chi connectivity index (χ1n) is 10.3. The quantitative estimate of drug-likeness (QED) is 0.374. The molecule has 0 aliphatic heterocycles. The van der Waals surface area contributed by atoms with Gasteiger partial charge in [0.2, 0.25) is 5.91 Å². The van der Waals surface area contributed by atoms with Crippen molar-refractivity contribution in [2.24, 2.45) is 0 Å². The van der Waals surface area contributed by atoms with E-state index in [0.29, 0.717) is 5.82 Å². The molecule has 0 aliphatic carbocycles. The third kappa shape index (κ3) is 3.54. The zero-order chi connectivity index (χ0) is 22.1. The van der Waals surface area contributed by atoms with E-state index in [9.17, 15) is 4.79 Å². The Balaban J connectivity index is 1.46. The predicted octanol–water partition coefficient (Wildman–Crippen LogP) is 4.93. The van der Waals surface area contributed by atoms with E-state index in [0.717, 1.165) is 39.0 Å². The van der Waals surface area contributed by atoms with Crippen LogP contribution in [0.3, 0.4) is 0 Å². The lowest BCUT2D eigenvalue weighted by Crippen LogP contribution is -2.34. The van der Waals surface area contributed by atoms with Gasteiger partial charge in [0.15, 0.2) is 5.82 Å². The van der Waals surface area contributed by atoms with Crippen LogP contribution in [0.5, 0.6) is 0 Å². The zero-order valence-corrected chi connectivity index (χ0v) is 17.8. The van der Waals surface area contributed by atoms with Gasteiger partial charge in [-0.05, 0) is 49.7 Å². The van der Waals surface area contributed by atoms with Crippen LogP contribution < -0.4 is 5.32 Å². The van der Waals surface area contributed by atoms with Crippen molar-refractivity contribution < 1.29 is 4.79 Å². The van der Waals surface area contributed by atoms with E-state index in [-0.39, 0.29) is 5.91 Å². The number of carbonyl (C=O) groups is 1. The number of nitrogens with zero attached hydrogens (tertiary/aromatic N) is 3. The number of anilines is 1. The van der Waals surface area contributed by atoms with Crippen molar-refractivity contribution >= 4 is 22.5 Å². The minimum atomic E-state index is -0.664. The minimum Gasteiger partial charge on any atom is -0.325 e. The van der Waals surface area contributed by atoms with Gasteiger partial charge in [-0.2, -0.15) is 10.2 Å². The van der Waals surface area contributed by atoms with Crippen LogP contribution in [0.1, 0.15) is 19.4 Å². The number of amides is 1. The molecule has 0 aliphatic rings. The fraction of sp³-hybridized carbons (Fsp3) is 0.120. The van der Waals surface area contributed by atoms with Gasteiger partial charge in [0.25, 0.3) is 0 Å². The molecule has 32 heavy (non-hydrogen) atoms. The molecule has 0 saturated heterocycles. The average molecular weight is 422 g/mol. The van der Waals surface area contributed by atoms with Crippen molar-refractivity contribution in [3.63, 3.8) is 0 Å². The molecule has 2 aromatic heterocycles. The second-order valence-electron chi connectivity index (χ2n) is 8.19. The third-order valence-corrected chi connectivity index (χ3v) is 5.71. The summed E-state index contributed by atoms with van der Waals surface area (Å²) in [6.45, 7) is 3.85. The maximum Gasteiger partial charge on any atom is 0.234 e. The van der Waals surface area contributed by atoms with Crippen LogP contribution in [0.15, 0.2) is 79.1 Å². The summed E-state index contributed by atoms with van der Waals surface area (Å²) >= 11 is 0. The fourth-order valence-corrected chi connectivity index (χ4v) is 3.74. The summed E-state index contributed by atoms with van der Waals surface area (Å²) < 4.78 is 0. The van der Waals surface area contributed by atoms with Crippen molar-refractivity contribution in [3.05, 3.63) is 84.7 Å². The Bertz CT molecular complexity index is 1390. The van der Waals surface area contributed by atoms with Gasteiger partial charge in [0.05, 0.1) is 16.6 Å². The number of benzene rings is 3. The summed E-state index contributed by atoms with van der Waals surface area (Å²) in [5.74, 6) is 0.628. The van der Waals surface area contributed by atoms with Crippen LogP contribution in [-0.2, 0) is 10.2 Å². The van der Waals surface area contributed by atoms with Gasteiger partial charge in [0, 0.05) is 22.2 Å². The van der Waals surface area contributed by atoms with Crippen molar-refractivity contribution in [2.75, 3.05) is 5.32 Å². The van der Waals surface area contributed by atoms with Crippen LogP contribution in [0.2, 0.25) is 0 Å². The molecular weight excluding hydrogens is 400 g/mol. The SMILES string of the molecule is CC(C)(C(=O)Nc1cccc(-c2n[nH]c3ccc(-c4ncn[nH]4)cc23)c1)c1ccccc1. The van der Waals surface area contributed by atoms with Gasteiger partial charge < -0.3 is 5.32 Å². The van der Waals surface area contributed by atoms with Crippen LogP contribution >= 0.6 is 0 Å². The van der Waals surface area contributed by atoms with E-state index in [1.165, 1.54) is 6.33 Å². The number of H-pyrrole nitrogens is 2. The monoisotopic (exact) mass is 422 g/mol. The second-order valence-corrected chi connectivity index (χ2v) is 8.19. The smallest absolute Gasteiger partial charge is 0.234 e. The molecule has 0 saturated carbocycles. The molecule has 2 heterocycles. The Hall–Kier alpha value is -4.26. The average Bonchev–Trinajstić information content (AvgIpc) is 3.49. The Morgan fingerprint density at radius 1 is 0.906 bits per heavy atom. The number of aromatic amines is 2. The molecule has 0 fully saturated rings. The Morgan fingerprint density at radius 3 is 2.53 bits per heavy atom. The molecule has 1 amide bonds. The Kier molecular flexibility index (Phi) is 4.78. The van der Waals surface area contributed by atoms with Gasteiger partial charge >= 0.3 is 0 Å². The molecule has 0 spiro atoms. The molecule has 0 bridgehead atoms. The van der Waals surface area contributed by atoms with Gasteiger partial charge in [-0.3, -0.25) is 15.0 Å². The predicted molar refractivity (Wildman–Crippen MR) is 125 cm³/mol. The molecule has 7 heteroatoms. The van der Waals surface area contributed by atoms with E-state index >= 15 is 0 Å². The third-order valence-electron chi connectivity index (χ3n) is 5.71. The van der Waals surface area contributed by atoms with E-state index in [4.69, 9.17) is 0 Å². The molecule has 3 aromatic carbocycles. The number of nitrogens with one attached hydrogen (secondary N) is 3. The molecule has 158 valence electrons. The Labute approximate surface area is 184 Å². The minimum absolute atomic E-state index is 0.0691. The maximum atomic E-state index is 13.1. The van der Waals surface area contributed by atoms with Gasteiger partial charge in [-0.25, -0.2) is 4.98 Å². The summed E-state index contributed by atoms with van der Waals surface area (Å²) in [5, 5.41) is 18.4. The van der Waals surface area contributed by atoms with Crippen molar-refractivity contribution in [1.82, 2.24) is 25.4 Å². The van der Waals surface area contributed by atoms with E-state index in [1.54, 1.807) is 0 Å². The normalized spacial score (nSPS) is 11.6. The second kappa shape index (κ2) is 7.77. The lowest BCUT2D eigenvalue weighted by molar-refractivity contribution is -0.120. The standard InChI is InChI=1S/C25H22N6O/c1-25(2,18-8-4-3-5-9-18)24(32)28-19-10-6-7-16(13-19)22-20-14-17(23-26-15-27-31-23)11-12-21(20)29-30-22/h3-15H,1-2H3,(H,28,32)(H,29,30)(H,26,27,31). The van der Waals surface area contributed by atoms with Crippen molar-refractivity contribution in [2.45, 2.75) is 19.3 Å². The summed E-state index contributed by atoms with van der Waals surface area (Å²) in [5.41, 5.74) is 4.57. The molecule has 5 rings (SSSR count). The van der Waals surface area contributed by atoms with E-state index in [1.807, 2.05) is 86.6 Å². The summed E-state index contributed by atoms with van der Waals surface area (Å²) in [7, 11) is 0. The van der Waals surface area contributed by atoms with Crippen molar-refractivity contribution in [1.29, 1.82) is 0 Å². The van der Waals surface area contributed by atoms with Crippen LogP contribution in [0.4, 0.5) is 5.69 Å². The lowest BCUT2D eigenvalue weighted by Gasteiger charge is -2.24. The first kappa shape index (κ1) is 19.7. The largest absolute Gasteiger partial charge is 0.325 e. The Morgan fingerprint density at radius 2 is 1.75 bits per heavy atom. The van der Waals surface area contributed by atoms with E-state index in [2.05, 4.69) is 30.7 Å². The first-order valence-corrected chi connectivity index (χ1v) is 10.3. The van der Waals surface area contributed by atoms with E-state index < -0.39 is 5.41 Å². The highest BCUT2D eigenvalue weighted by Gasteiger charge is 2.29. The molecule has 3 N–H and O–H groups in total. The van der Waals surface area contributed by atoms with Crippen molar-refractivity contribution in [3.8, 4) is 22.6 Å². The zero-order valence-electron chi connectivity index (χ0n) is 17.8. The molecular formula is C25H22N6O. The highest BCUT2D eigenvalue weighted by atomic mass is 16.2. The number of hydrogen-bond acceptors (Lipinski definition) is 4. The topological polar surface area (TPSA) is 99.3 Å². The number of carbonyl (C=O) groups excluding carboxylic acids is 1.